The zero-order valence-corrected chi connectivity index (χ0v) is 16.2. The summed E-state index contributed by atoms with van der Waals surface area (Å²) in [5.74, 6) is -0.133. The topological polar surface area (TPSA) is 64.0 Å². The third kappa shape index (κ3) is 3.48. The van der Waals surface area contributed by atoms with Crippen LogP contribution in [0.25, 0.3) is 16.6 Å². The Labute approximate surface area is 160 Å². The number of thioether (sulfide) groups is 1. The van der Waals surface area contributed by atoms with Gasteiger partial charge in [-0.1, -0.05) is 41.6 Å². The van der Waals surface area contributed by atoms with Crippen molar-refractivity contribution in [3.63, 3.8) is 0 Å². The fourth-order valence-corrected chi connectivity index (χ4v) is 3.80. The molecule has 0 aliphatic carbocycles. The average Bonchev–Trinajstić information content (AvgIpc) is 2.62. The van der Waals surface area contributed by atoms with Crippen molar-refractivity contribution in [2.45, 2.75) is 24.3 Å². The van der Waals surface area contributed by atoms with Crippen LogP contribution < -0.4 is 10.9 Å². The van der Waals surface area contributed by atoms with Gasteiger partial charge in [0.2, 0.25) is 5.91 Å². The van der Waals surface area contributed by atoms with Crippen LogP contribution in [0.4, 0.5) is 0 Å². The first-order chi connectivity index (χ1) is 12.4. The average molecular weight is 388 g/mol. The Morgan fingerprint density at radius 3 is 2.69 bits per heavy atom. The summed E-state index contributed by atoms with van der Waals surface area (Å²) in [6.45, 7) is 3.71. The number of benzene rings is 2. The van der Waals surface area contributed by atoms with E-state index in [2.05, 4.69) is 10.3 Å². The molecular formula is C19H18ClN3O2S. The van der Waals surface area contributed by atoms with Crippen molar-refractivity contribution in [1.82, 2.24) is 14.9 Å². The van der Waals surface area contributed by atoms with Crippen molar-refractivity contribution in [3.05, 3.63) is 63.4 Å². The molecule has 0 bridgehead atoms. The molecule has 134 valence electrons. The molecule has 0 saturated carbocycles. The van der Waals surface area contributed by atoms with E-state index in [1.807, 2.05) is 31.2 Å². The minimum Gasteiger partial charge on any atom is -0.358 e. The lowest BCUT2D eigenvalue weighted by Crippen LogP contribution is -2.29. The molecule has 5 nitrogen and oxygen atoms in total. The number of aromatic nitrogens is 2. The molecule has 0 radical (unpaired) electrons. The first-order valence-electron chi connectivity index (χ1n) is 8.09. The summed E-state index contributed by atoms with van der Waals surface area (Å²) < 4.78 is 1.57. The molecule has 0 fully saturated rings. The Balaban J connectivity index is 2.29. The summed E-state index contributed by atoms with van der Waals surface area (Å²) in [5.41, 5.74) is 2.01. The number of fused-ring (bicyclic) bond motifs is 1. The standard InChI is InChI=1S/C19H18ClN3O2S/c1-11-6-4-5-7-16(11)23-18(25)14-9-8-13(20)10-15(14)22-19(23)26-12(2)17(24)21-3/h4-10,12H,1-3H3,(H,21,24). The van der Waals surface area contributed by atoms with Crippen molar-refractivity contribution in [2.24, 2.45) is 0 Å². The van der Waals surface area contributed by atoms with E-state index in [-0.39, 0.29) is 11.5 Å². The van der Waals surface area contributed by atoms with Crippen LogP contribution in [-0.2, 0) is 4.79 Å². The Bertz CT molecular complexity index is 1050. The number of amides is 1. The molecule has 2 aromatic carbocycles. The van der Waals surface area contributed by atoms with Gasteiger partial charge >= 0.3 is 0 Å². The summed E-state index contributed by atoms with van der Waals surface area (Å²) in [7, 11) is 1.58. The highest BCUT2D eigenvalue weighted by Crippen LogP contribution is 2.27. The van der Waals surface area contributed by atoms with E-state index in [1.165, 1.54) is 11.8 Å². The van der Waals surface area contributed by atoms with Crippen LogP contribution >= 0.6 is 23.4 Å². The van der Waals surface area contributed by atoms with Crippen molar-refractivity contribution in [1.29, 1.82) is 0 Å². The summed E-state index contributed by atoms with van der Waals surface area (Å²) in [5, 5.41) is 3.66. The van der Waals surface area contributed by atoms with Gasteiger partial charge in [0.1, 0.15) is 0 Å². The largest absolute Gasteiger partial charge is 0.358 e. The van der Waals surface area contributed by atoms with Crippen molar-refractivity contribution >= 4 is 40.2 Å². The van der Waals surface area contributed by atoms with Gasteiger partial charge in [0, 0.05) is 12.1 Å². The van der Waals surface area contributed by atoms with Crippen LogP contribution in [0.5, 0.6) is 0 Å². The van der Waals surface area contributed by atoms with Gasteiger partial charge in [0.05, 0.1) is 21.8 Å². The van der Waals surface area contributed by atoms with Crippen LogP contribution in [0.3, 0.4) is 0 Å². The number of nitrogens with zero attached hydrogens (tertiary/aromatic N) is 2. The normalized spacial score (nSPS) is 12.2. The second kappa shape index (κ2) is 7.51. The van der Waals surface area contributed by atoms with Crippen LogP contribution in [0.2, 0.25) is 5.02 Å². The van der Waals surface area contributed by atoms with Crippen LogP contribution in [0, 0.1) is 6.92 Å². The summed E-state index contributed by atoms with van der Waals surface area (Å²) in [4.78, 5) is 29.8. The highest BCUT2D eigenvalue weighted by molar-refractivity contribution is 8.00. The first kappa shape index (κ1) is 18.5. The number of carbonyl (C=O) groups is 1. The maximum atomic E-state index is 13.2. The molecule has 1 amide bonds. The molecule has 26 heavy (non-hydrogen) atoms. The molecular weight excluding hydrogens is 370 g/mol. The van der Waals surface area contributed by atoms with Crippen molar-refractivity contribution in [3.8, 4) is 5.69 Å². The zero-order chi connectivity index (χ0) is 18.8. The fraction of sp³-hybridized carbons (Fsp3) is 0.211. The molecule has 3 rings (SSSR count). The molecule has 1 heterocycles. The van der Waals surface area contributed by atoms with Crippen molar-refractivity contribution in [2.75, 3.05) is 7.05 Å². The van der Waals surface area contributed by atoms with Gasteiger partial charge in [-0.3, -0.25) is 14.2 Å². The van der Waals surface area contributed by atoms with Crippen LogP contribution in [-0.4, -0.2) is 27.8 Å². The van der Waals surface area contributed by atoms with Gasteiger partial charge in [-0.05, 0) is 43.7 Å². The predicted octanol–water partition coefficient (Wildman–Crippen LogP) is 3.57. The van der Waals surface area contributed by atoms with Gasteiger partial charge in [0.25, 0.3) is 5.56 Å². The van der Waals surface area contributed by atoms with Gasteiger partial charge < -0.3 is 5.32 Å². The summed E-state index contributed by atoms with van der Waals surface area (Å²) in [6.07, 6.45) is 0. The molecule has 1 aromatic heterocycles. The number of aryl methyl sites for hydroxylation is 1. The lowest BCUT2D eigenvalue weighted by molar-refractivity contribution is -0.119. The summed E-state index contributed by atoms with van der Waals surface area (Å²) >= 11 is 7.30. The molecule has 0 spiro atoms. The monoisotopic (exact) mass is 387 g/mol. The maximum Gasteiger partial charge on any atom is 0.266 e. The number of hydrogen-bond acceptors (Lipinski definition) is 4. The quantitative estimate of drug-likeness (QED) is 0.549. The third-order valence-corrected chi connectivity index (χ3v) is 5.34. The van der Waals surface area contributed by atoms with Crippen LogP contribution in [0.15, 0.2) is 52.4 Å². The fourth-order valence-electron chi connectivity index (χ4n) is 2.66. The predicted molar refractivity (Wildman–Crippen MR) is 106 cm³/mol. The van der Waals surface area contributed by atoms with Gasteiger partial charge in [-0.25, -0.2) is 4.98 Å². The highest BCUT2D eigenvalue weighted by Gasteiger charge is 2.20. The number of carbonyl (C=O) groups excluding carboxylic acids is 1. The van der Waals surface area contributed by atoms with Gasteiger partial charge in [-0.2, -0.15) is 0 Å². The lowest BCUT2D eigenvalue weighted by Gasteiger charge is -2.17. The molecule has 1 N–H and O–H groups in total. The SMILES string of the molecule is CNC(=O)C(C)Sc1nc2cc(Cl)ccc2c(=O)n1-c1ccccc1C. The van der Waals surface area contributed by atoms with Gasteiger partial charge in [-0.15, -0.1) is 0 Å². The Hall–Kier alpha value is -2.31. The maximum absolute atomic E-state index is 13.2. The molecule has 0 aliphatic rings. The number of rotatable bonds is 4. The molecule has 7 heteroatoms. The second-order valence-electron chi connectivity index (χ2n) is 5.86. The smallest absolute Gasteiger partial charge is 0.266 e. The minimum atomic E-state index is -0.404. The number of hydrogen-bond donors (Lipinski definition) is 1. The number of nitrogens with one attached hydrogen (secondary N) is 1. The molecule has 0 saturated heterocycles. The molecule has 3 aromatic rings. The highest BCUT2D eigenvalue weighted by atomic mass is 35.5. The minimum absolute atomic E-state index is 0.133. The van der Waals surface area contributed by atoms with Crippen LogP contribution in [0.1, 0.15) is 12.5 Å². The lowest BCUT2D eigenvalue weighted by atomic mass is 10.2. The van der Waals surface area contributed by atoms with Gasteiger partial charge in [0.15, 0.2) is 5.16 Å². The molecule has 0 aliphatic heterocycles. The van der Waals surface area contributed by atoms with E-state index < -0.39 is 5.25 Å². The van der Waals surface area contributed by atoms with E-state index in [0.717, 1.165) is 11.3 Å². The Kier molecular flexibility index (Phi) is 5.34. The third-order valence-electron chi connectivity index (χ3n) is 4.05. The van der Waals surface area contributed by atoms with E-state index in [9.17, 15) is 9.59 Å². The molecule has 1 atom stereocenters. The van der Waals surface area contributed by atoms with E-state index in [0.29, 0.717) is 21.1 Å². The zero-order valence-electron chi connectivity index (χ0n) is 14.6. The number of para-hydroxylation sites is 1. The second-order valence-corrected chi connectivity index (χ2v) is 7.60. The molecule has 1 unspecified atom stereocenters. The first-order valence-corrected chi connectivity index (χ1v) is 9.34. The Morgan fingerprint density at radius 1 is 1.27 bits per heavy atom. The van der Waals surface area contributed by atoms with E-state index in [4.69, 9.17) is 11.6 Å². The van der Waals surface area contributed by atoms with E-state index in [1.54, 1.807) is 36.7 Å². The number of halogens is 1. The summed E-state index contributed by atoms with van der Waals surface area (Å²) in [6, 6.07) is 12.6. The Morgan fingerprint density at radius 2 is 2.00 bits per heavy atom. The van der Waals surface area contributed by atoms with Crippen molar-refractivity contribution < 1.29 is 4.79 Å². The van der Waals surface area contributed by atoms with E-state index >= 15 is 0 Å².